The number of carbonyl (C=O) groups is 4. The molecule has 17 nitrogen and oxygen atoms in total. The highest BCUT2D eigenvalue weighted by Crippen LogP contribution is 2.39. The van der Waals surface area contributed by atoms with Gasteiger partial charge in [0.1, 0.15) is 34.7 Å². The van der Waals surface area contributed by atoms with Crippen molar-refractivity contribution in [3.05, 3.63) is 122 Å². The molecule has 4 amide bonds. The summed E-state index contributed by atoms with van der Waals surface area (Å²) in [5.41, 5.74) is 8.68. The molecule has 5 N–H and O–H groups in total. The number of nitrogens with zero attached hydrogens (tertiary/aromatic N) is 7. The molecule has 2 aliphatic heterocycles. The number of aliphatic imine (C=N–C) groups is 1. The van der Waals surface area contributed by atoms with Crippen LogP contribution in [0.25, 0.3) is 26.6 Å². The number of nitrogens with one attached hydrogen (secondary N) is 3. The average Bonchev–Trinajstić information content (AvgIpc) is 4.09. The number of thiazole rings is 1. The van der Waals surface area contributed by atoms with Crippen molar-refractivity contribution in [2.24, 2.45) is 10.4 Å². The Morgan fingerprint density at radius 3 is 2.28 bits per heavy atom. The van der Waals surface area contributed by atoms with Gasteiger partial charge in [0.2, 0.25) is 11.8 Å². The third-order valence-corrected chi connectivity index (χ3v) is 14.6. The summed E-state index contributed by atoms with van der Waals surface area (Å²) < 4.78 is 7.72. The zero-order valence-electron chi connectivity index (χ0n) is 39.3. The molecule has 0 spiro atoms. The number of hydrogen-bond acceptors (Lipinski definition) is 13. The number of aromatic nitrogens is 4. The van der Waals surface area contributed by atoms with Gasteiger partial charge < -0.3 is 30.5 Å². The average molecular weight is 969 g/mol. The quantitative estimate of drug-likeness (QED) is 0.0830. The summed E-state index contributed by atoms with van der Waals surface area (Å²) in [6.45, 7) is 14.5. The highest BCUT2D eigenvalue weighted by molar-refractivity contribution is 7.15. The maximum atomic E-state index is 14.3. The van der Waals surface area contributed by atoms with Crippen LogP contribution >= 0.6 is 22.7 Å². The largest absolute Gasteiger partial charge is 0.482 e. The molecule has 8 rings (SSSR count). The SMILES string of the molecule is Cc1ncsc1-c1ccc([C@H](C)NC(=O)[C@@H]2C[C@@H](O)CN2C(=O)[C@@H](NC(=O)COc2ccc(-c3ccc(C4=NC(NC(=O)O)c5nnc(C)n5-c5sc(C)c(C)c54)cc3)cc2C#N)C(C)(C)C)cc1. The summed E-state index contributed by atoms with van der Waals surface area (Å²) in [5.74, 6) is -0.418. The maximum Gasteiger partial charge on any atom is 0.406 e. The van der Waals surface area contributed by atoms with Crippen LogP contribution in [0, 0.1) is 44.4 Å². The van der Waals surface area contributed by atoms with E-state index in [2.05, 4.69) is 37.2 Å². The third-order valence-electron chi connectivity index (χ3n) is 12.4. The van der Waals surface area contributed by atoms with Crippen LogP contribution in [-0.4, -0.2) is 95.7 Å². The number of hydrogen-bond donors (Lipinski definition) is 5. The molecule has 2 aliphatic rings. The van der Waals surface area contributed by atoms with Crippen molar-refractivity contribution >= 4 is 52.2 Å². The number of carboxylic acid groups (broad SMARTS) is 1. The number of benzene rings is 3. The van der Waals surface area contributed by atoms with Gasteiger partial charge in [-0.1, -0.05) is 75.4 Å². The van der Waals surface area contributed by atoms with Gasteiger partial charge in [0, 0.05) is 29.0 Å². The lowest BCUT2D eigenvalue weighted by molar-refractivity contribution is -0.144. The van der Waals surface area contributed by atoms with Gasteiger partial charge in [-0.25, -0.2) is 9.78 Å². The van der Waals surface area contributed by atoms with E-state index in [4.69, 9.17) is 9.73 Å². The van der Waals surface area contributed by atoms with E-state index in [-0.39, 0.29) is 24.3 Å². The first-order valence-electron chi connectivity index (χ1n) is 22.3. The summed E-state index contributed by atoms with van der Waals surface area (Å²) in [7, 11) is 0. The van der Waals surface area contributed by atoms with Crippen molar-refractivity contribution in [2.75, 3.05) is 13.2 Å². The molecular weight excluding hydrogens is 917 g/mol. The monoisotopic (exact) mass is 968 g/mol. The second-order valence-electron chi connectivity index (χ2n) is 18.3. The molecule has 0 aliphatic carbocycles. The lowest BCUT2D eigenvalue weighted by atomic mass is 9.85. The molecule has 5 heterocycles. The van der Waals surface area contributed by atoms with Crippen molar-refractivity contribution in [3.63, 3.8) is 0 Å². The smallest absolute Gasteiger partial charge is 0.406 e. The number of likely N-dealkylation sites (tertiary alicyclic amines) is 1. The molecule has 3 aromatic heterocycles. The molecule has 1 saturated heterocycles. The minimum Gasteiger partial charge on any atom is -0.482 e. The fourth-order valence-electron chi connectivity index (χ4n) is 8.64. The first-order chi connectivity index (χ1) is 32.8. The summed E-state index contributed by atoms with van der Waals surface area (Å²) in [5, 5.41) is 48.2. The lowest BCUT2D eigenvalue weighted by Gasteiger charge is -2.35. The van der Waals surface area contributed by atoms with Crippen molar-refractivity contribution in [1.82, 2.24) is 40.6 Å². The van der Waals surface area contributed by atoms with Gasteiger partial charge in [0.15, 0.2) is 18.6 Å². The Balaban J connectivity index is 0.933. The Morgan fingerprint density at radius 2 is 1.62 bits per heavy atom. The number of aliphatic hydroxyl groups excluding tert-OH is 1. The molecule has 1 unspecified atom stereocenters. The number of amides is 4. The number of aryl methyl sites for hydroxylation is 3. The molecule has 356 valence electrons. The van der Waals surface area contributed by atoms with Crippen LogP contribution in [0.4, 0.5) is 4.79 Å². The molecule has 6 aromatic rings. The van der Waals surface area contributed by atoms with E-state index in [0.717, 1.165) is 53.8 Å². The first kappa shape index (κ1) is 48.2. The summed E-state index contributed by atoms with van der Waals surface area (Å²) >= 11 is 3.11. The molecule has 3 aromatic carbocycles. The number of nitriles is 1. The van der Waals surface area contributed by atoms with Crippen LogP contribution in [0.15, 0.2) is 77.2 Å². The predicted molar refractivity (Wildman–Crippen MR) is 261 cm³/mol. The highest BCUT2D eigenvalue weighted by atomic mass is 32.1. The number of fused-ring (bicyclic) bond motifs is 3. The van der Waals surface area contributed by atoms with Gasteiger partial charge in [-0.2, -0.15) is 5.26 Å². The standard InChI is InChI=1S/C50H52N10O7S2/c1-25-28(4)69-48-40(25)41(55-44(56-49(65)66)45-58-57-29(5)60(45)48)32-13-11-31(12-14-32)34-17-18-38(35(19-34)21-51)67-23-39(62)54-43(50(6,7)8)47(64)59-22-36(61)20-37(59)46(63)53-26(2)30-9-15-33(16-10-30)42-27(3)52-24-68-42/h9-19,24,26,36-37,43-44,56,61H,20,22-23H2,1-8H3,(H,53,63)(H,54,62)(H,65,66)/t26-,36+,37-,43+,44?/m0/s1. The van der Waals surface area contributed by atoms with Gasteiger partial charge in [0.25, 0.3) is 5.91 Å². The second kappa shape index (κ2) is 19.4. The Kier molecular flexibility index (Phi) is 13.5. The second-order valence-corrected chi connectivity index (χ2v) is 20.4. The number of β-amino-alcohol motifs (C(OH)–C–C–N with tert-alkyl or cyclic N) is 1. The zero-order valence-corrected chi connectivity index (χ0v) is 41.0. The number of carbonyl (C=O) groups excluding carboxylic acids is 3. The highest BCUT2D eigenvalue weighted by Gasteiger charge is 2.45. The van der Waals surface area contributed by atoms with Crippen molar-refractivity contribution in [1.29, 1.82) is 5.26 Å². The molecule has 0 radical (unpaired) electrons. The van der Waals surface area contributed by atoms with E-state index in [1.165, 1.54) is 4.90 Å². The van der Waals surface area contributed by atoms with Crippen LogP contribution in [-0.2, 0) is 14.4 Å². The number of thiophene rings is 1. The molecular formula is C50H52N10O7S2. The van der Waals surface area contributed by atoms with Gasteiger partial charge in [-0.3, -0.25) is 29.3 Å². The lowest BCUT2D eigenvalue weighted by Crippen LogP contribution is -2.58. The number of rotatable bonds is 12. The van der Waals surface area contributed by atoms with Crippen molar-refractivity contribution in [3.8, 4) is 38.4 Å². The van der Waals surface area contributed by atoms with E-state index >= 15 is 0 Å². The van der Waals surface area contributed by atoms with Crippen LogP contribution in [0.2, 0.25) is 0 Å². The Morgan fingerprint density at radius 1 is 0.942 bits per heavy atom. The molecule has 69 heavy (non-hydrogen) atoms. The topological polar surface area (TPSA) is 237 Å². The van der Waals surface area contributed by atoms with Crippen molar-refractivity contribution in [2.45, 2.75) is 92.2 Å². The number of aliphatic hydroxyl groups is 1. The molecule has 5 atom stereocenters. The normalized spacial score (nSPS) is 17.4. The zero-order chi connectivity index (χ0) is 49.5. The fraction of sp³-hybridized carbons (Fsp3) is 0.340. The predicted octanol–water partition coefficient (Wildman–Crippen LogP) is 7.09. The summed E-state index contributed by atoms with van der Waals surface area (Å²) in [6.07, 6.45) is -3.16. The van der Waals surface area contributed by atoms with Gasteiger partial charge in [-0.15, -0.1) is 32.9 Å². The minimum absolute atomic E-state index is 0.0431. The van der Waals surface area contributed by atoms with E-state index in [9.17, 15) is 34.7 Å². The van der Waals surface area contributed by atoms with Crippen molar-refractivity contribution < 1.29 is 34.1 Å². The minimum atomic E-state index is -1.25. The Labute approximate surface area is 406 Å². The molecule has 0 bridgehead atoms. The van der Waals surface area contributed by atoms with Crippen LogP contribution in [0.1, 0.15) is 96.4 Å². The third kappa shape index (κ3) is 9.86. The molecule has 19 heteroatoms. The fourth-order valence-corrected chi connectivity index (χ4v) is 10.7. The van der Waals surface area contributed by atoms with Crippen LogP contribution in [0.3, 0.4) is 0 Å². The summed E-state index contributed by atoms with van der Waals surface area (Å²) in [4.78, 5) is 66.1. The van der Waals surface area contributed by atoms with Gasteiger partial charge in [-0.05, 0) is 80.0 Å². The molecule has 1 fully saturated rings. The van der Waals surface area contributed by atoms with Gasteiger partial charge in [0.05, 0.1) is 39.5 Å². The Hall–Kier alpha value is -7.27. The first-order valence-corrected chi connectivity index (χ1v) is 24.0. The van der Waals surface area contributed by atoms with E-state index < -0.39 is 66.2 Å². The van der Waals surface area contributed by atoms with E-state index in [1.54, 1.807) is 67.2 Å². The van der Waals surface area contributed by atoms with Crippen LogP contribution < -0.4 is 20.7 Å². The molecule has 0 saturated carbocycles. The van der Waals surface area contributed by atoms with E-state index in [0.29, 0.717) is 22.9 Å². The number of ether oxygens (including phenoxy) is 1. The Bertz CT molecular complexity index is 3030. The van der Waals surface area contributed by atoms with Crippen LogP contribution in [0.5, 0.6) is 5.75 Å². The van der Waals surface area contributed by atoms with E-state index in [1.807, 2.05) is 87.7 Å². The summed E-state index contributed by atoms with van der Waals surface area (Å²) in [6, 6.07) is 20.1. The maximum absolute atomic E-state index is 14.3. The van der Waals surface area contributed by atoms with Gasteiger partial charge >= 0.3 is 6.09 Å².